The number of rotatable bonds is 5. The zero-order chi connectivity index (χ0) is 15.4. The molecule has 0 bridgehead atoms. The summed E-state index contributed by atoms with van der Waals surface area (Å²) in [6.07, 6.45) is 0.202. The van der Waals surface area contributed by atoms with Crippen molar-refractivity contribution in [2.24, 2.45) is 0 Å². The van der Waals surface area contributed by atoms with Crippen LogP contribution in [0.15, 0.2) is 28.4 Å². The Morgan fingerprint density at radius 3 is 2.86 bits per heavy atom. The Morgan fingerprint density at radius 2 is 2.24 bits per heavy atom. The van der Waals surface area contributed by atoms with E-state index in [1.54, 1.807) is 28.1 Å². The molecule has 2 rings (SSSR count). The van der Waals surface area contributed by atoms with Crippen LogP contribution in [0.5, 0.6) is 5.75 Å². The largest absolute Gasteiger partial charge is 0.495 e. The van der Waals surface area contributed by atoms with Crippen LogP contribution < -0.4 is 14.9 Å². The van der Waals surface area contributed by atoms with E-state index < -0.39 is 0 Å². The molecule has 7 heteroatoms. The van der Waals surface area contributed by atoms with E-state index in [0.717, 1.165) is 17.0 Å². The van der Waals surface area contributed by atoms with Gasteiger partial charge in [-0.1, -0.05) is 22.9 Å². The lowest BCUT2D eigenvalue weighted by Gasteiger charge is -2.11. The molecule has 0 unspecified atom stereocenters. The Bertz CT molecular complexity index is 708. The highest BCUT2D eigenvalue weighted by Gasteiger charge is 2.10. The van der Waals surface area contributed by atoms with Gasteiger partial charge >= 0.3 is 4.87 Å². The van der Waals surface area contributed by atoms with Gasteiger partial charge in [0.1, 0.15) is 5.75 Å². The van der Waals surface area contributed by atoms with Gasteiger partial charge in [0.25, 0.3) is 0 Å². The predicted octanol–water partition coefficient (Wildman–Crippen LogP) is 2.91. The number of thiazole rings is 1. The number of nitrogens with zero attached hydrogens (tertiary/aromatic N) is 1. The van der Waals surface area contributed by atoms with Crippen molar-refractivity contribution in [3.8, 4) is 5.75 Å². The molecule has 21 heavy (non-hydrogen) atoms. The van der Waals surface area contributed by atoms with Gasteiger partial charge in [-0.25, -0.2) is 0 Å². The van der Waals surface area contributed by atoms with Crippen molar-refractivity contribution in [3.63, 3.8) is 0 Å². The van der Waals surface area contributed by atoms with Gasteiger partial charge in [0, 0.05) is 29.1 Å². The number of benzene rings is 1. The van der Waals surface area contributed by atoms with E-state index in [1.807, 2.05) is 6.92 Å². The number of carbonyl (C=O) groups excluding carboxylic acids is 1. The molecule has 0 aliphatic heterocycles. The van der Waals surface area contributed by atoms with Gasteiger partial charge < -0.3 is 14.6 Å². The first-order valence-electron chi connectivity index (χ1n) is 6.29. The van der Waals surface area contributed by atoms with Crippen molar-refractivity contribution < 1.29 is 9.53 Å². The van der Waals surface area contributed by atoms with Crippen molar-refractivity contribution in [1.82, 2.24) is 4.57 Å². The van der Waals surface area contributed by atoms with Crippen LogP contribution in [0.25, 0.3) is 0 Å². The monoisotopic (exact) mass is 326 g/mol. The molecule has 0 spiro atoms. The molecule has 2 aromatic rings. The van der Waals surface area contributed by atoms with Crippen molar-refractivity contribution in [1.29, 1.82) is 0 Å². The lowest BCUT2D eigenvalue weighted by Crippen LogP contribution is -2.20. The molecule has 0 aliphatic carbocycles. The smallest absolute Gasteiger partial charge is 0.307 e. The minimum absolute atomic E-state index is 0.0550. The van der Waals surface area contributed by atoms with Crippen LogP contribution in [0.4, 0.5) is 5.69 Å². The topological polar surface area (TPSA) is 60.3 Å². The highest BCUT2D eigenvalue weighted by molar-refractivity contribution is 7.07. The summed E-state index contributed by atoms with van der Waals surface area (Å²) in [5.41, 5.74) is 1.38. The number of ether oxygens (including phenoxy) is 1. The standard InChI is InChI=1S/C14H15ClN2O3S/c1-9-8-21-14(19)17(9)6-5-13(18)16-11-7-10(15)3-4-12(11)20-2/h3-4,7-8H,5-6H2,1-2H3,(H,16,18). The molecule has 5 nitrogen and oxygen atoms in total. The van der Waals surface area contributed by atoms with Gasteiger partial charge in [-0.05, 0) is 25.1 Å². The first-order valence-corrected chi connectivity index (χ1v) is 7.55. The summed E-state index contributed by atoms with van der Waals surface area (Å²) in [5, 5.41) is 5.03. The van der Waals surface area contributed by atoms with Crippen molar-refractivity contribution in [2.45, 2.75) is 19.9 Å². The number of hydrogen-bond donors (Lipinski definition) is 1. The molecule has 0 saturated carbocycles. The quantitative estimate of drug-likeness (QED) is 0.919. The maximum absolute atomic E-state index is 12.0. The average Bonchev–Trinajstić information content (AvgIpc) is 2.76. The molecule has 0 atom stereocenters. The van der Waals surface area contributed by atoms with Gasteiger partial charge in [-0.15, -0.1) is 0 Å². The van der Waals surface area contributed by atoms with Crippen molar-refractivity contribution in [3.05, 3.63) is 44.0 Å². The van der Waals surface area contributed by atoms with E-state index in [-0.39, 0.29) is 17.2 Å². The Labute approximate surface area is 131 Å². The zero-order valence-electron chi connectivity index (χ0n) is 11.7. The summed E-state index contributed by atoms with van der Waals surface area (Å²) >= 11 is 7.04. The number of carbonyl (C=O) groups is 1. The third-order valence-electron chi connectivity index (χ3n) is 2.97. The fourth-order valence-corrected chi connectivity index (χ4v) is 2.81. The summed E-state index contributed by atoms with van der Waals surface area (Å²) in [6, 6.07) is 5.00. The Kier molecular flexibility index (Phi) is 5.03. The summed E-state index contributed by atoms with van der Waals surface area (Å²) < 4.78 is 6.75. The summed E-state index contributed by atoms with van der Waals surface area (Å²) in [7, 11) is 1.52. The SMILES string of the molecule is COc1ccc(Cl)cc1NC(=O)CCn1c(C)csc1=O. The van der Waals surface area contributed by atoms with Gasteiger partial charge in [-0.3, -0.25) is 9.59 Å². The Hall–Kier alpha value is -1.79. The molecule has 112 valence electrons. The second-order valence-corrected chi connectivity index (χ2v) is 5.69. The van der Waals surface area contributed by atoms with E-state index in [1.165, 1.54) is 7.11 Å². The Morgan fingerprint density at radius 1 is 1.48 bits per heavy atom. The van der Waals surface area contributed by atoms with Crippen LogP contribution in [-0.4, -0.2) is 17.6 Å². The first-order chi connectivity index (χ1) is 10.0. The zero-order valence-corrected chi connectivity index (χ0v) is 13.3. The molecule has 1 aromatic heterocycles. The number of anilines is 1. The maximum atomic E-state index is 12.0. The summed E-state index contributed by atoms with van der Waals surface area (Å²) in [4.78, 5) is 23.5. The molecule has 1 amide bonds. The van der Waals surface area contributed by atoms with Crippen LogP contribution in [0, 0.1) is 6.92 Å². The molecule has 0 fully saturated rings. The molecule has 1 N–H and O–H groups in total. The van der Waals surface area contributed by atoms with Crippen LogP contribution in [0.2, 0.25) is 5.02 Å². The fraction of sp³-hybridized carbons (Fsp3) is 0.286. The van der Waals surface area contributed by atoms with Crippen LogP contribution in [0.3, 0.4) is 0 Å². The number of halogens is 1. The van der Waals surface area contributed by atoms with Crippen molar-refractivity contribution >= 4 is 34.5 Å². The van der Waals surface area contributed by atoms with E-state index in [2.05, 4.69) is 5.32 Å². The third-order valence-corrected chi connectivity index (χ3v) is 4.09. The predicted molar refractivity (Wildman–Crippen MR) is 84.6 cm³/mol. The average molecular weight is 327 g/mol. The summed E-state index contributed by atoms with van der Waals surface area (Å²) in [6.45, 7) is 2.19. The fourth-order valence-electron chi connectivity index (χ4n) is 1.88. The molecule has 0 saturated heterocycles. The van der Waals surface area contributed by atoms with E-state index in [4.69, 9.17) is 16.3 Å². The minimum atomic E-state index is -0.201. The van der Waals surface area contributed by atoms with Crippen LogP contribution in [-0.2, 0) is 11.3 Å². The van der Waals surface area contributed by atoms with Gasteiger partial charge in [0.05, 0.1) is 12.8 Å². The van der Waals surface area contributed by atoms with E-state index in [0.29, 0.717) is 23.0 Å². The second-order valence-electron chi connectivity index (χ2n) is 4.44. The van der Waals surface area contributed by atoms with Gasteiger partial charge in [0.2, 0.25) is 5.91 Å². The molecular weight excluding hydrogens is 312 g/mol. The van der Waals surface area contributed by atoms with Gasteiger partial charge in [-0.2, -0.15) is 0 Å². The molecule has 1 heterocycles. The lowest BCUT2D eigenvalue weighted by atomic mass is 10.2. The number of nitrogens with one attached hydrogen (secondary N) is 1. The molecular formula is C14H15ClN2O3S. The lowest BCUT2D eigenvalue weighted by molar-refractivity contribution is -0.116. The first kappa shape index (κ1) is 15.6. The number of hydrogen-bond acceptors (Lipinski definition) is 4. The van der Waals surface area contributed by atoms with Crippen LogP contribution in [0.1, 0.15) is 12.1 Å². The molecule has 1 aromatic carbocycles. The Balaban J connectivity index is 2.02. The molecule has 0 radical (unpaired) electrons. The van der Waals surface area contributed by atoms with E-state index in [9.17, 15) is 9.59 Å². The minimum Gasteiger partial charge on any atom is -0.495 e. The highest BCUT2D eigenvalue weighted by Crippen LogP contribution is 2.27. The highest BCUT2D eigenvalue weighted by atomic mass is 35.5. The normalized spacial score (nSPS) is 10.4. The second kappa shape index (κ2) is 6.78. The molecule has 0 aliphatic rings. The third kappa shape index (κ3) is 3.86. The number of aryl methyl sites for hydroxylation is 1. The van der Waals surface area contributed by atoms with Crippen LogP contribution >= 0.6 is 22.9 Å². The van der Waals surface area contributed by atoms with Gasteiger partial charge in [0.15, 0.2) is 0 Å². The van der Waals surface area contributed by atoms with E-state index >= 15 is 0 Å². The van der Waals surface area contributed by atoms with Crippen molar-refractivity contribution in [2.75, 3.05) is 12.4 Å². The summed E-state index contributed by atoms with van der Waals surface area (Å²) in [5.74, 6) is 0.338. The maximum Gasteiger partial charge on any atom is 0.307 e. The number of methoxy groups -OCH3 is 1. The number of aromatic nitrogens is 1. The number of amides is 1.